The molecule has 0 aliphatic heterocycles. The van der Waals surface area contributed by atoms with E-state index in [0.717, 1.165) is 12.1 Å². The molecule has 1 rings (SSSR count). The summed E-state index contributed by atoms with van der Waals surface area (Å²) in [5.74, 6) is -1.33. The van der Waals surface area contributed by atoms with Crippen LogP contribution in [0.1, 0.15) is 5.56 Å². The zero-order chi connectivity index (χ0) is 12.3. The highest BCUT2D eigenvalue weighted by molar-refractivity contribution is 8.13. The molecule has 5 nitrogen and oxygen atoms in total. The molecule has 1 aromatic rings. The predicted molar refractivity (Wildman–Crippen MR) is 56.4 cm³/mol. The van der Waals surface area contributed by atoms with Crippen LogP contribution in [0.4, 0.5) is 10.1 Å². The average Bonchev–Trinajstić information content (AvgIpc) is 2.13. The number of aryl methyl sites for hydroxylation is 1. The summed E-state index contributed by atoms with van der Waals surface area (Å²) in [7, 11) is 1.33. The van der Waals surface area contributed by atoms with Crippen molar-refractivity contribution in [2.24, 2.45) is 0 Å². The van der Waals surface area contributed by atoms with Crippen LogP contribution in [-0.2, 0) is 15.5 Å². The van der Waals surface area contributed by atoms with Crippen molar-refractivity contribution in [3.63, 3.8) is 0 Å². The lowest BCUT2D eigenvalue weighted by Gasteiger charge is -2.00. The normalized spacial score (nSPS) is 11.4. The maximum absolute atomic E-state index is 13.1. The molecule has 0 spiro atoms. The monoisotopic (exact) mass is 267 g/mol. The smallest absolute Gasteiger partial charge is 0.258 e. The lowest BCUT2D eigenvalue weighted by Crippen LogP contribution is -2.02. The lowest BCUT2D eigenvalue weighted by atomic mass is 10.1. The number of nitrogens with zero attached hydrogens (tertiary/aromatic N) is 1. The third kappa shape index (κ3) is 3.74. The van der Waals surface area contributed by atoms with Gasteiger partial charge in [-0.1, -0.05) is 6.07 Å². The zero-order valence-electron chi connectivity index (χ0n) is 7.89. The van der Waals surface area contributed by atoms with Gasteiger partial charge in [-0.3, -0.25) is 10.1 Å². The largest absolute Gasteiger partial charge is 0.304 e. The number of halogens is 2. The fourth-order valence-electron chi connectivity index (χ4n) is 1.09. The molecular formula is C8H7ClFNO4S. The number of benzene rings is 1. The van der Waals surface area contributed by atoms with Gasteiger partial charge in [-0.15, -0.1) is 0 Å². The Morgan fingerprint density at radius 2 is 2.06 bits per heavy atom. The summed E-state index contributed by atoms with van der Waals surface area (Å²) in [6, 6.07) is 3.22. The molecule has 0 bridgehead atoms. The zero-order valence-corrected chi connectivity index (χ0v) is 9.46. The van der Waals surface area contributed by atoms with Gasteiger partial charge in [-0.05, 0) is 18.1 Å². The van der Waals surface area contributed by atoms with E-state index in [1.807, 2.05) is 0 Å². The van der Waals surface area contributed by atoms with Crippen molar-refractivity contribution < 1.29 is 17.7 Å². The summed E-state index contributed by atoms with van der Waals surface area (Å²) >= 11 is 0. The Morgan fingerprint density at radius 1 is 1.44 bits per heavy atom. The molecule has 0 radical (unpaired) electrons. The van der Waals surface area contributed by atoms with Gasteiger partial charge in [0.25, 0.3) is 0 Å². The van der Waals surface area contributed by atoms with Gasteiger partial charge in [-0.2, -0.15) is 4.39 Å². The average molecular weight is 268 g/mol. The van der Waals surface area contributed by atoms with E-state index in [2.05, 4.69) is 0 Å². The molecular weight excluding hydrogens is 261 g/mol. The second-order valence-corrected chi connectivity index (χ2v) is 5.93. The molecule has 0 aliphatic rings. The minimum Gasteiger partial charge on any atom is -0.258 e. The summed E-state index contributed by atoms with van der Waals surface area (Å²) in [6.45, 7) is 0. The first kappa shape index (κ1) is 12.9. The van der Waals surface area contributed by atoms with E-state index >= 15 is 0 Å². The number of hydrogen-bond acceptors (Lipinski definition) is 4. The van der Waals surface area contributed by atoms with E-state index in [-0.39, 0.29) is 12.2 Å². The molecule has 0 heterocycles. The first-order valence-electron chi connectivity index (χ1n) is 4.15. The van der Waals surface area contributed by atoms with Crippen LogP contribution in [0.5, 0.6) is 0 Å². The van der Waals surface area contributed by atoms with Crippen LogP contribution in [0.15, 0.2) is 18.2 Å². The molecule has 0 amide bonds. The fraction of sp³-hybridized carbons (Fsp3) is 0.250. The molecule has 0 unspecified atom stereocenters. The van der Waals surface area contributed by atoms with E-state index in [9.17, 15) is 22.9 Å². The highest BCUT2D eigenvalue weighted by Crippen LogP contribution is 2.18. The first-order valence-corrected chi connectivity index (χ1v) is 6.62. The van der Waals surface area contributed by atoms with Crippen LogP contribution in [0.2, 0.25) is 0 Å². The highest BCUT2D eigenvalue weighted by Gasteiger charge is 2.14. The van der Waals surface area contributed by atoms with Gasteiger partial charge in [0, 0.05) is 16.7 Å². The van der Waals surface area contributed by atoms with E-state index in [4.69, 9.17) is 10.7 Å². The van der Waals surface area contributed by atoms with Gasteiger partial charge in [0.2, 0.25) is 14.9 Å². The van der Waals surface area contributed by atoms with Gasteiger partial charge in [-0.25, -0.2) is 8.42 Å². The highest BCUT2D eigenvalue weighted by atomic mass is 35.7. The van der Waals surface area contributed by atoms with Crippen molar-refractivity contribution in [2.75, 3.05) is 5.75 Å². The minimum absolute atomic E-state index is 0.0146. The third-order valence-electron chi connectivity index (χ3n) is 1.84. The molecule has 0 aliphatic carbocycles. The van der Waals surface area contributed by atoms with Crippen LogP contribution in [-0.4, -0.2) is 19.1 Å². The summed E-state index contributed by atoms with van der Waals surface area (Å²) in [5.41, 5.74) is -0.301. The van der Waals surface area contributed by atoms with Crippen molar-refractivity contribution in [3.05, 3.63) is 39.7 Å². The molecule has 0 aromatic heterocycles. The van der Waals surface area contributed by atoms with Crippen LogP contribution < -0.4 is 0 Å². The first-order chi connectivity index (χ1) is 7.29. The van der Waals surface area contributed by atoms with Gasteiger partial charge in [0.1, 0.15) is 0 Å². The van der Waals surface area contributed by atoms with Crippen molar-refractivity contribution in [2.45, 2.75) is 6.42 Å². The maximum Gasteiger partial charge on any atom is 0.304 e. The summed E-state index contributed by atoms with van der Waals surface area (Å²) < 4.78 is 34.4. The van der Waals surface area contributed by atoms with Crippen LogP contribution in [0.25, 0.3) is 0 Å². The van der Waals surface area contributed by atoms with Crippen molar-refractivity contribution in [3.8, 4) is 0 Å². The van der Waals surface area contributed by atoms with Crippen LogP contribution >= 0.6 is 10.7 Å². The molecule has 1 aromatic carbocycles. The Bertz CT molecular complexity index is 517. The Kier molecular flexibility index (Phi) is 3.82. The molecule has 88 valence electrons. The fourth-order valence-corrected chi connectivity index (χ4v) is 1.80. The summed E-state index contributed by atoms with van der Waals surface area (Å²) in [6.07, 6.45) is 0.0146. The molecule has 0 fully saturated rings. The second-order valence-electron chi connectivity index (χ2n) is 3.04. The van der Waals surface area contributed by atoms with Gasteiger partial charge in [0.15, 0.2) is 0 Å². The van der Waals surface area contributed by atoms with Gasteiger partial charge >= 0.3 is 5.69 Å². The standard InChI is InChI=1S/C8H7ClFNO4S/c9-16(14,15)4-3-6-1-2-8(11(12)13)7(10)5-6/h1-2,5H,3-4H2. The Balaban J connectivity index is 2.86. The van der Waals surface area contributed by atoms with Crippen LogP contribution in [0.3, 0.4) is 0 Å². The summed E-state index contributed by atoms with van der Waals surface area (Å²) in [5, 5.41) is 10.3. The van der Waals surface area contributed by atoms with Crippen molar-refractivity contribution in [1.29, 1.82) is 0 Å². The molecule has 8 heteroatoms. The van der Waals surface area contributed by atoms with Gasteiger partial charge < -0.3 is 0 Å². The van der Waals surface area contributed by atoms with E-state index in [0.29, 0.717) is 5.56 Å². The predicted octanol–water partition coefficient (Wildman–Crippen LogP) is 1.84. The molecule has 0 N–H and O–H groups in total. The maximum atomic E-state index is 13.1. The minimum atomic E-state index is -3.65. The third-order valence-corrected chi connectivity index (χ3v) is 3.00. The molecule has 0 saturated heterocycles. The molecule has 0 saturated carbocycles. The van der Waals surface area contributed by atoms with Crippen molar-refractivity contribution in [1.82, 2.24) is 0 Å². The Morgan fingerprint density at radius 3 is 2.50 bits per heavy atom. The van der Waals surface area contributed by atoms with Crippen molar-refractivity contribution >= 4 is 25.4 Å². The van der Waals surface area contributed by atoms with E-state index in [1.54, 1.807) is 0 Å². The number of nitro groups is 1. The van der Waals surface area contributed by atoms with E-state index in [1.165, 1.54) is 6.07 Å². The summed E-state index contributed by atoms with van der Waals surface area (Å²) in [4.78, 5) is 9.45. The Hall–Kier alpha value is -1.21. The number of rotatable bonds is 4. The topological polar surface area (TPSA) is 77.3 Å². The Labute approximate surface area is 95.4 Å². The lowest BCUT2D eigenvalue weighted by molar-refractivity contribution is -0.387. The SMILES string of the molecule is O=[N+]([O-])c1ccc(CCS(=O)(=O)Cl)cc1F. The van der Waals surface area contributed by atoms with Gasteiger partial charge in [0.05, 0.1) is 10.7 Å². The number of nitro benzene ring substituents is 1. The van der Waals surface area contributed by atoms with Crippen LogP contribution in [0, 0.1) is 15.9 Å². The quantitative estimate of drug-likeness (QED) is 0.474. The number of hydrogen-bond donors (Lipinski definition) is 0. The molecule has 0 atom stereocenters. The molecule has 16 heavy (non-hydrogen) atoms. The second kappa shape index (κ2) is 4.75. The van der Waals surface area contributed by atoms with E-state index < -0.39 is 25.5 Å².